The Morgan fingerprint density at radius 2 is 2.14 bits per heavy atom. The molecule has 0 aliphatic carbocycles. The summed E-state index contributed by atoms with van der Waals surface area (Å²) >= 11 is 5.19. The van der Waals surface area contributed by atoms with E-state index in [4.69, 9.17) is 21.4 Å². The van der Waals surface area contributed by atoms with Gasteiger partial charge in [0.2, 0.25) is 0 Å². The van der Waals surface area contributed by atoms with Crippen LogP contribution in [0.2, 0.25) is 0 Å². The highest BCUT2D eigenvalue weighted by atomic mass is 32.1. The number of nitro groups is 1. The summed E-state index contributed by atoms with van der Waals surface area (Å²) in [5.41, 5.74) is -0.0574. The Kier molecular flexibility index (Phi) is 5.92. The molecule has 1 saturated heterocycles. The number of carbonyl (C=O) groups excluding carboxylic acids is 1. The first-order valence-corrected chi connectivity index (χ1v) is 9.15. The number of carbonyl (C=O) groups is 1. The Balaban J connectivity index is 1.70. The maximum atomic E-state index is 13.4. The first-order valence-electron chi connectivity index (χ1n) is 8.74. The van der Waals surface area contributed by atoms with E-state index in [0.29, 0.717) is 28.9 Å². The lowest BCUT2D eigenvalue weighted by Gasteiger charge is -2.15. The predicted octanol–water partition coefficient (Wildman–Crippen LogP) is 3.62. The van der Waals surface area contributed by atoms with E-state index in [1.165, 1.54) is 11.0 Å². The number of rotatable bonds is 7. The molecule has 0 bridgehead atoms. The molecule has 3 rings (SSSR count). The molecular weight excluding hydrogens is 401 g/mol. The fraction of sp³-hybridized carbons (Fsp3) is 0.263. The van der Waals surface area contributed by atoms with Crippen LogP contribution in [-0.4, -0.2) is 27.4 Å². The first-order chi connectivity index (χ1) is 13.7. The largest absolute Gasteiger partial charge is 0.479 e. The molecule has 29 heavy (non-hydrogen) atoms. The Morgan fingerprint density at radius 3 is 2.83 bits per heavy atom. The van der Waals surface area contributed by atoms with Gasteiger partial charge in [-0.2, -0.15) is 0 Å². The van der Waals surface area contributed by atoms with Crippen molar-refractivity contribution in [2.75, 3.05) is 6.54 Å². The molecule has 8 nitrogen and oxygen atoms in total. The molecule has 1 fully saturated rings. The van der Waals surface area contributed by atoms with Gasteiger partial charge >= 0.3 is 5.69 Å². The first kappa shape index (κ1) is 20.5. The molecule has 1 N–H and O–H groups in total. The minimum Gasteiger partial charge on any atom is -0.479 e. The molecule has 1 aromatic heterocycles. The van der Waals surface area contributed by atoms with Crippen LogP contribution in [0.5, 0.6) is 5.75 Å². The molecule has 1 aromatic carbocycles. The maximum absolute atomic E-state index is 13.4. The van der Waals surface area contributed by atoms with Gasteiger partial charge in [-0.05, 0) is 36.3 Å². The zero-order valence-corrected chi connectivity index (χ0v) is 16.5. The molecule has 2 heterocycles. The highest BCUT2D eigenvalue weighted by molar-refractivity contribution is 7.80. The SMILES string of the molecule is CC(C)CN1C(=O)/C(=C\c2ccc(COc3cc(F)ccc3[N+](=O)[O-])o2)NC1=S. The minimum absolute atomic E-state index is 0.146. The lowest BCUT2D eigenvalue weighted by molar-refractivity contribution is -0.386. The predicted molar refractivity (Wildman–Crippen MR) is 106 cm³/mol. The number of ether oxygens (including phenoxy) is 1. The quantitative estimate of drug-likeness (QED) is 0.317. The van der Waals surface area contributed by atoms with Crippen LogP contribution in [0.3, 0.4) is 0 Å². The summed E-state index contributed by atoms with van der Waals surface area (Å²) in [5, 5.41) is 14.2. The maximum Gasteiger partial charge on any atom is 0.311 e. The molecule has 1 aliphatic rings. The van der Waals surface area contributed by atoms with E-state index in [9.17, 15) is 19.3 Å². The van der Waals surface area contributed by atoms with Gasteiger partial charge in [-0.3, -0.25) is 19.8 Å². The van der Waals surface area contributed by atoms with E-state index in [1.54, 1.807) is 12.1 Å². The van der Waals surface area contributed by atoms with Crippen LogP contribution in [0.25, 0.3) is 6.08 Å². The van der Waals surface area contributed by atoms with Crippen LogP contribution >= 0.6 is 12.2 Å². The Hall–Kier alpha value is -3.27. The number of furan rings is 1. The van der Waals surface area contributed by atoms with Crippen LogP contribution in [0.1, 0.15) is 25.4 Å². The van der Waals surface area contributed by atoms with Crippen molar-refractivity contribution in [3.05, 3.63) is 63.5 Å². The number of nitrogens with one attached hydrogen (secondary N) is 1. The van der Waals surface area contributed by atoms with E-state index in [-0.39, 0.29) is 29.9 Å². The summed E-state index contributed by atoms with van der Waals surface area (Å²) in [6.07, 6.45) is 1.52. The molecule has 2 aromatic rings. The third-order valence-electron chi connectivity index (χ3n) is 3.97. The topological polar surface area (TPSA) is 97.9 Å². The van der Waals surface area contributed by atoms with Gasteiger partial charge in [-0.1, -0.05) is 13.8 Å². The third kappa shape index (κ3) is 4.77. The smallest absolute Gasteiger partial charge is 0.311 e. The molecule has 0 unspecified atom stereocenters. The summed E-state index contributed by atoms with van der Waals surface area (Å²) in [4.78, 5) is 24.3. The number of hydrogen-bond donors (Lipinski definition) is 1. The molecule has 0 atom stereocenters. The van der Waals surface area contributed by atoms with Crippen molar-refractivity contribution in [1.29, 1.82) is 0 Å². The summed E-state index contributed by atoms with van der Waals surface area (Å²) in [6.45, 7) is 4.33. The third-order valence-corrected chi connectivity index (χ3v) is 4.29. The van der Waals surface area contributed by atoms with Crippen LogP contribution in [0.15, 0.2) is 40.4 Å². The van der Waals surface area contributed by atoms with Gasteiger partial charge in [0.15, 0.2) is 10.9 Å². The van der Waals surface area contributed by atoms with E-state index < -0.39 is 10.7 Å². The highest BCUT2D eigenvalue weighted by Gasteiger charge is 2.31. The molecule has 1 amide bonds. The molecular formula is C19H18FN3O5S. The minimum atomic E-state index is -0.657. The lowest BCUT2D eigenvalue weighted by Crippen LogP contribution is -2.33. The summed E-state index contributed by atoms with van der Waals surface area (Å²) < 4.78 is 24.3. The second-order valence-electron chi connectivity index (χ2n) is 6.76. The van der Waals surface area contributed by atoms with Gasteiger partial charge in [-0.25, -0.2) is 4.39 Å². The average Bonchev–Trinajstić information content (AvgIpc) is 3.19. The number of nitrogens with zero attached hydrogens (tertiary/aromatic N) is 2. The second-order valence-corrected chi connectivity index (χ2v) is 7.15. The van der Waals surface area contributed by atoms with Crippen molar-refractivity contribution >= 4 is 35.0 Å². The molecule has 0 saturated carbocycles. The standard InChI is InChI=1S/C19H18FN3O5S/c1-11(2)9-22-18(24)15(21-19(22)29)8-13-4-5-14(28-13)10-27-17-7-12(20)3-6-16(17)23(25)26/h3-8,11H,9-10H2,1-2H3,(H,21,29)/b15-8+. The van der Waals surface area contributed by atoms with Crippen LogP contribution < -0.4 is 10.1 Å². The zero-order valence-electron chi connectivity index (χ0n) is 15.7. The van der Waals surface area contributed by atoms with Crippen molar-refractivity contribution in [3.8, 4) is 5.75 Å². The number of benzene rings is 1. The van der Waals surface area contributed by atoms with Crippen molar-refractivity contribution in [2.24, 2.45) is 5.92 Å². The van der Waals surface area contributed by atoms with Crippen molar-refractivity contribution < 1.29 is 23.3 Å². The molecule has 0 radical (unpaired) electrons. The Labute approximate surface area is 171 Å². The van der Waals surface area contributed by atoms with E-state index in [1.807, 2.05) is 13.8 Å². The summed E-state index contributed by atoms with van der Waals surface area (Å²) in [5.74, 6) is -0.104. The van der Waals surface area contributed by atoms with Crippen molar-refractivity contribution in [1.82, 2.24) is 10.2 Å². The van der Waals surface area contributed by atoms with E-state index in [0.717, 1.165) is 18.2 Å². The summed E-state index contributed by atoms with van der Waals surface area (Å²) in [7, 11) is 0. The van der Waals surface area contributed by atoms with Crippen molar-refractivity contribution in [2.45, 2.75) is 20.5 Å². The number of amides is 1. The molecule has 0 spiro atoms. The lowest BCUT2D eigenvalue weighted by atomic mass is 10.2. The number of hydrogen-bond acceptors (Lipinski definition) is 6. The Bertz CT molecular complexity index is 1000. The number of halogens is 1. The van der Waals surface area contributed by atoms with Crippen LogP contribution in [0.4, 0.5) is 10.1 Å². The molecule has 1 aliphatic heterocycles. The monoisotopic (exact) mass is 419 g/mol. The van der Waals surface area contributed by atoms with E-state index >= 15 is 0 Å². The summed E-state index contributed by atoms with van der Waals surface area (Å²) in [6, 6.07) is 6.18. The van der Waals surface area contributed by atoms with E-state index in [2.05, 4.69) is 5.32 Å². The molecule has 10 heteroatoms. The zero-order chi connectivity index (χ0) is 21.1. The van der Waals surface area contributed by atoms with Crippen LogP contribution in [-0.2, 0) is 11.4 Å². The van der Waals surface area contributed by atoms with Crippen molar-refractivity contribution in [3.63, 3.8) is 0 Å². The number of nitro benzene ring substituents is 1. The van der Waals surface area contributed by atoms with Gasteiger partial charge in [0.1, 0.15) is 29.6 Å². The van der Waals surface area contributed by atoms with Gasteiger partial charge in [0, 0.05) is 24.8 Å². The van der Waals surface area contributed by atoms with Gasteiger partial charge < -0.3 is 14.5 Å². The van der Waals surface area contributed by atoms with Gasteiger partial charge in [0.05, 0.1) is 4.92 Å². The highest BCUT2D eigenvalue weighted by Crippen LogP contribution is 2.28. The number of thiocarbonyl (C=S) groups is 1. The van der Waals surface area contributed by atoms with Gasteiger partial charge in [0.25, 0.3) is 5.91 Å². The Morgan fingerprint density at radius 1 is 1.38 bits per heavy atom. The average molecular weight is 419 g/mol. The molecule has 152 valence electrons. The fourth-order valence-corrected chi connectivity index (χ4v) is 2.97. The van der Waals surface area contributed by atoms with Crippen LogP contribution in [0, 0.1) is 21.8 Å². The second kappa shape index (κ2) is 8.39. The van der Waals surface area contributed by atoms with Gasteiger partial charge in [-0.15, -0.1) is 0 Å². The normalized spacial score (nSPS) is 15.3. The fourth-order valence-electron chi connectivity index (χ4n) is 2.70.